The minimum atomic E-state index is -3.43. The predicted octanol–water partition coefficient (Wildman–Crippen LogP) is -0.346. The molecule has 0 spiro atoms. The number of hydrogen-bond donors (Lipinski definition) is 2. The summed E-state index contributed by atoms with van der Waals surface area (Å²) in [6, 6.07) is -0.793. The fourth-order valence-corrected chi connectivity index (χ4v) is 4.07. The van der Waals surface area contributed by atoms with E-state index in [2.05, 4.69) is 10.0 Å². The SMILES string of the molecule is O=C1CCC(NS(=O)(=O)C2CCCC2)C(=O)N1. The normalized spacial score (nSPS) is 27.2. The summed E-state index contributed by atoms with van der Waals surface area (Å²) in [5.74, 6) is -0.880. The molecule has 2 rings (SSSR count). The van der Waals surface area contributed by atoms with Crippen molar-refractivity contribution in [3.05, 3.63) is 0 Å². The Bertz CT molecular complexity index is 426. The lowest BCUT2D eigenvalue weighted by molar-refractivity contribution is -0.134. The Morgan fingerprint density at radius 1 is 1.12 bits per heavy atom. The van der Waals surface area contributed by atoms with Gasteiger partial charge in [-0.3, -0.25) is 14.9 Å². The van der Waals surface area contributed by atoms with Crippen molar-refractivity contribution in [2.45, 2.75) is 49.8 Å². The average molecular weight is 260 g/mol. The van der Waals surface area contributed by atoms with Crippen LogP contribution in [0.4, 0.5) is 0 Å². The zero-order valence-corrected chi connectivity index (χ0v) is 10.3. The molecule has 0 bridgehead atoms. The van der Waals surface area contributed by atoms with Crippen molar-refractivity contribution in [3.63, 3.8) is 0 Å². The maximum absolute atomic E-state index is 12.0. The number of carbonyl (C=O) groups is 2. The number of hydrogen-bond acceptors (Lipinski definition) is 4. The Kier molecular flexibility index (Phi) is 3.48. The molecule has 1 aliphatic carbocycles. The van der Waals surface area contributed by atoms with E-state index in [4.69, 9.17) is 0 Å². The number of rotatable bonds is 3. The largest absolute Gasteiger partial charge is 0.295 e. The summed E-state index contributed by atoms with van der Waals surface area (Å²) in [5, 5.41) is 1.76. The van der Waals surface area contributed by atoms with Crippen LogP contribution in [0, 0.1) is 0 Å². The summed E-state index contributed by atoms with van der Waals surface area (Å²) in [5.41, 5.74) is 0. The molecule has 7 heteroatoms. The lowest BCUT2D eigenvalue weighted by atomic mass is 10.1. The van der Waals surface area contributed by atoms with Crippen LogP contribution < -0.4 is 10.0 Å². The molecule has 0 aromatic carbocycles. The third kappa shape index (κ3) is 2.84. The van der Waals surface area contributed by atoms with Gasteiger partial charge in [0.25, 0.3) is 0 Å². The van der Waals surface area contributed by atoms with Crippen LogP contribution in [0.25, 0.3) is 0 Å². The van der Waals surface area contributed by atoms with Crippen molar-refractivity contribution in [1.29, 1.82) is 0 Å². The van der Waals surface area contributed by atoms with Gasteiger partial charge in [0.15, 0.2) is 0 Å². The molecule has 96 valence electrons. The van der Waals surface area contributed by atoms with E-state index in [-0.39, 0.29) is 24.0 Å². The maximum Gasteiger partial charge on any atom is 0.244 e. The predicted molar refractivity (Wildman–Crippen MR) is 60.5 cm³/mol. The Balaban J connectivity index is 2.00. The summed E-state index contributed by atoms with van der Waals surface area (Å²) in [7, 11) is -3.43. The first kappa shape index (κ1) is 12.5. The standard InChI is InChI=1S/C10H16N2O4S/c13-9-6-5-8(10(14)11-9)12-17(15,16)7-3-1-2-4-7/h7-8,12H,1-6H2,(H,11,13,14). The molecule has 2 aliphatic rings. The third-order valence-corrected chi connectivity index (χ3v) is 5.25. The van der Waals surface area contributed by atoms with Gasteiger partial charge in [0.2, 0.25) is 21.8 Å². The number of imide groups is 1. The van der Waals surface area contributed by atoms with Crippen molar-refractivity contribution in [3.8, 4) is 0 Å². The summed E-state index contributed by atoms with van der Waals surface area (Å²) in [4.78, 5) is 22.4. The van der Waals surface area contributed by atoms with E-state index >= 15 is 0 Å². The van der Waals surface area contributed by atoms with Gasteiger partial charge in [0.1, 0.15) is 6.04 Å². The minimum absolute atomic E-state index is 0.184. The van der Waals surface area contributed by atoms with Gasteiger partial charge in [-0.05, 0) is 19.3 Å². The third-order valence-electron chi connectivity index (χ3n) is 3.29. The molecule has 0 aromatic rings. The molecule has 1 unspecified atom stereocenters. The van der Waals surface area contributed by atoms with Gasteiger partial charge in [0.05, 0.1) is 5.25 Å². The van der Waals surface area contributed by atoms with Crippen molar-refractivity contribution in [1.82, 2.24) is 10.0 Å². The van der Waals surface area contributed by atoms with Gasteiger partial charge in [-0.15, -0.1) is 0 Å². The number of amides is 2. The zero-order chi connectivity index (χ0) is 12.5. The van der Waals surface area contributed by atoms with E-state index in [1.807, 2.05) is 0 Å². The summed E-state index contributed by atoms with van der Waals surface area (Å²) in [6.07, 6.45) is 3.58. The van der Waals surface area contributed by atoms with Crippen LogP contribution in [-0.4, -0.2) is 31.5 Å². The monoisotopic (exact) mass is 260 g/mol. The van der Waals surface area contributed by atoms with Crippen molar-refractivity contribution in [2.24, 2.45) is 0 Å². The van der Waals surface area contributed by atoms with E-state index in [9.17, 15) is 18.0 Å². The molecule has 1 atom stereocenters. The van der Waals surface area contributed by atoms with E-state index in [0.717, 1.165) is 12.8 Å². The second-order valence-electron chi connectivity index (χ2n) is 4.57. The molecule has 1 saturated heterocycles. The number of nitrogens with one attached hydrogen (secondary N) is 2. The Hall–Kier alpha value is -0.950. The molecule has 6 nitrogen and oxygen atoms in total. The van der Waals surface area contributed by atoms with Crippen molar-refractivity contribution < 1.29 is 18.0 Å². The topological polar surface area (TPSA) is 92.3 Å². The summed E-state index contributed by atoms with van der Waals surface area (Å²) >= 11 is 0. The van der Waals surface area contributed by atoms with Crippen LogP contribution in [0.1, 0.15) is 38.5 Å². The van der Waals surface area contributed by atoms with Gasteiger partial charge in [-0.25, -0.2) is 13.1 Å². The molecule has 1 saturated carbocycles. The maximum atomic E-state index is 12.0. The molecule has 17 heavy (non-hydrogen) atoms. The summed E-state index contributed by atoms with van der Waals surface area (Å²) < 4.78 is 26.3. The van der Waals surface area contributed by atoms with Crippen LogP contribution in [0.2, 0.25) is 0 Å². The molecule has 1 heterocycles. The minimum Gasteiger partial charge on any atom is -0.295 e. The Morgan fingerprint density at radius 2 is 1.76 bits per heavy atom. The number of piperidine rings is 1. The lowest BCUT2D eigenvalue weighted by Crippen LogP contribution is -2.53. The summed E-state index contributed by atoms with van der Waals surface area (Å²) in [6.45, 7) is 0. The molecule has 2 amide bonds. The number of sulfonamides is 1. The quantitative estimate of drug-likeness (QED) is 0.679. The highest BCUT2D eigenvalue weighted by atomic mass is 32.2. The van der Waals surface area contributed by atoms with Gasteiger partial charge >= 0.3 is 0 Å². The molecule has 0 aromatic heterocycles. The first-order valence-electron chi connectivity index (χ1n) is 5.84. The van der Waals surface area contributed by atoms with Crippen LogP contribution >= 0.6 is 0 Å². The highest BCUT2D eigenvalue weighted by Crippen LogP contribution is 2.24. The lowest BCUT2D eigenvalue weighted by Gasteiger charge is -2.23. The fourth-order valence-electron chi connectivity index (χ4n) is 2.30. The smallest absolute Gasteiger partial charge is 0.244 e. The molecule has 0 radical (unpaired) electrons. The van der Waals surface area contributed by atoms with Crippen LogP contribution in [0.3, 0.4) is 0 Å². The molecule has 2 N–H and O–H groups in total. The second-order valence-corrected chi connectivity index (χ2v) is 6.57. The van der Waals surface area contributed by atoms with Crippen LogP contribution in [0.5, 0.6) is 0 Å². The van der Waals surface area contributed by atoms with Gasteiger partial charge in [0, 0.05) is 6.42 Å². The van der Waals surface area contributed by atoms with E-state index in [1.165, 1.54) is 0 Å². The Morgan fingerprint density at radius 3 is 2.35 bits per heavy atom. The fraction of sp³-hybridized carbons (Fsp3) is 0.800. The molecular weight excluding hydrogens is 244 g/mol. The second kappa shape index (κ2) is 4.73. The first-order valence-corrected chi connectivity index (χ1v) is 7.38. The van der Waals surface area contributed by atoms with Gasteiger partial charge < -0.3 is 0 Å². The average Bonchev–Trinajstić information content (AvgIpc) is 2.76. The molecule has 1 aliphatic heterocycles. The van der Waals surface area contributed by atoms with Crippen molar-refractivity contribution >= 4 is 21.8 Å². The van der Waals surface area contributed by atoms with E-state index in [1.54, 1.807) is 0 Å². The number of carbonyl (C=O) groups excluding carboxylic acids is 2. The molecular formula is C10H16N2O4S. The zero-order valence-electron chi connectivity index (χ0n) is 9.44. The van der Waals surface area contributed by atoms with Gasteiger partial charge in [-0.1, -0.05) is 12.8 Å². The van der Waals surface area contributed by atoms with Crippen LogP contribution in [-0.2, 0) is 19.6 Å². The van der Waals surface area contributed by atoms with E-state index < -0.39 is 22.0 Å². The van der Waals surface area contributed by atoms with Crippen LogP contribution in [0.15, 0.2) is 0 Å². The highest BCUT2D eigenvalue weighted by Gasteiger charge is 2.35. The Labute approximate surface area is 100 Å². The van der Waals surface area contributed by atoms with Crippen molar-refractivity contribution in [2.75, 3.05) is 0 Å². The first-order chi connectivity index (χ1) is 7.99. The highest BCUT2D eigenvalue weighted by molar-refractivity contribution is 7.90. The van der Waals surface area contributed by atoms with E-state index in [0.29, 0.717) is 12.8 Å². The molecule has 2 fully saturated rings. The van der Waals surface area contributed by atoms with Gasteiger partial charge in [-0.2, -0.15) is 0 Å².